The van der Waals surface area contributed by atoms with Crippen LogP contribution in [0.25, 0.3) is 0 Å². The number of pyridine rings is 1. The molecule has 1 aromatic rings. The molecule has 2 aliphatic carbocycles. The average molecular weight is 285 g/mol. The average Bonchev–Trinajstić information content (AvgIpc) is 3.00. The molecule has 0 amide bonds. The second kappa shape index (κ2) is 5.60. The van der Waals surface area contributed by atoms with Crippen LogP contribution in [0.1, 0.15) is 61.8 Å². The van der Waals surface area contributed by atoms with Crippen molar-refractivity contribution in [2.24, 2.45) is 11.7 Å². The van der Waals surface area contributed by atoms with Crippen LogP contribution >= 0.6 is 0 Å². The van der Waals surface area contributed by atoms with Crippen LogP contribution in [-0.2, 0) is 19.4 Å². The van der Waals surface area contributed by atoms with Gasteiger partial charge in [-0.05, 0) is 62.5 Å². The van der Waals surface area contributed by atoms with Crippen molar-refractivity contribution < 1.29 is 0 Å². The number of aromatic nitrogens is 1. The Kier molecular flexibility index (Phi) is 3.62. The molecule has 0 radical (unpaired) electrons. The minimum atomic E-state index is 0.628. The maximum Gasteiger partial charge on any atom is 0.133 e. The first kappa shape index (κ1) is 13.6. The second-order valence-corrected chi connectivity index (χ2v) is 7.08. The number of fused-ring (bicyclic) bond motifs is 2. The minimum Gasteiger partial charge on any atom is -0.353 e. The maximum absolute atomic E-state index is 6.05. The molecule has 2 N–H and O–H groups in total. The van der Waals surface area contributed by atoms with E-state index in [1.807, 2.05) is 0 Å². The molecule has 2 atom stereocenters. The summed E-state index contributed by atoms with van der Waals surface area (Å²) in [4.78, 5) is 7.72. The topological polar surface area (TPSA) is 42.1 Å². The Morgan fingerprint density at radius 3 is 2.86 bits per heavy atom. The fraction of sp³-hybridized carbons (Fsp3) is 0.722. The van der Waals surface area contributed by atoms with Gasteiger partial charge in [0.25, 0.3) is 0 Å². The van der Waals surface area contributed by atoms with Gasteiger partial charge in [0.15, 0.2) is 0 Å². The fourth-order valence-electron chi connectivity index (χ4n) is 4.80. The van der Waals surface area contributed by atoms with Gasteiger partial charge in [0.1, 0.15) is 5.82 Å². The predicted octanol–water partition coefficient (Wildman–Crippen LogP) is 3.19. The van der Waals surface area contributed by atoms with E-state index in [0.29, 0.717) is 6.54 Å². The molecule has 3 heteroatoms. The summed E-state index contributed by atoms with van der Waals surface area (Å²) in [6, 6.07) is 3.08. The summed E-state index contributed by atoms with van der Waals surface area (Å²) >= 11 is 0. The smallest absolute Gasteiger partial charge is 0.133 e. The van der Waals surface area contributed by atoms with Crippen LogP contribution < -0.4 is 10.6 Å². The van der Waals surface area contributed by atoms with Gasteiger partial charge >= 0.3 is 0 Å². The molecule has 3 aliphatic rings. The zero-order valence-electron chi connectivity index (χ0n) is 13.0. The molecule has 0 aromatic carbocycles. The molecule has 1 saturated carbocycles. The molecule has 3 nitrogen and oxygen atoms in total. The number of nitrogens with two attached hydrogens (primary N) is 1. The number of hydrogen-bond donors (Lipinski definition) is 1. The Hall–Kier alpha value is -1.09. The molecular formula is C18H27N3. The number of rotatable bonds is 2. The quantitative estimate of drug-likeness (QED) is 0.907. The van der Waals surface area contributed by atoms with E-state index in [1.165, 1.54) is 80.6 Å². The molecule has 21 heavy (non-hydrogen) atoms. The molecule has 1 aliphatic heterocycles. The molecular weight excluding hydrogens is 258 g/mol. The highest BCUT2D eigenvalue weighted by molar-refractivity contribution is 5.52. The normalized spacial score (nSPS) is 28.3. The Labute approximate surface area is 127 Å². The lowest BCUT2D eigenvalue weighted by Gasteiger charge is -2.45. The summed E-state index contributed by atoms with van der Waals surface area (Å²) in [6.45, 7) is 1.81. The lowest BCUT2D eigenvalue weighted by Crippen LogP contribution is -2.47. The summed E-state index contributed by atoms with van der Waals surface area (Å²) in [5.41, 5.74) is 10.1. The highest BCUT2D eigenvalue weighted by Crippen LogP contribution is 2.39. The lowest BCUT2D eigenvalue weighted by atomic mass is 9.78. The minimum absolute atomic E-state index is 0.628. The van der Waals surface area contributed by atoms with Crippen LogP contribution in [0.4, 0.5) is 5.82 Å². The van der Waals surface area contributed by atoms with Gasteiger partial charge in [-0.3, -0.25) is 0 Å². The van der Waals surface area contributed by atoms with Gasteiger partial charge in [0, 0.05) is 30.4 Å². The number of anilines is 1. The molecule has 2 unspecified atom stereocenters. The lowest BCUT2D eigenvalue weighted by molar-refractivity contribution is 0.242. The molecule has 0 spiro atoms. The molecule has 114 valence electrons. The van der Waals surface area contributed by atoms with E-state index in [-0.39, 0.29) is 0 Å². The van der Waals surface area contributed by atoms with E-state index in [9.17, 15) is 0 Å². The van der Waals surface area contributed by atoms with Crippen LogP contribution in [0.2, 0.25) is 0 Å². The van der Waals surface area contributed by atoms with Gasteiger partial charge in [-0.1, -0.05) is 12.8 Å². The van der Waals surface area contributed by atoms with Crippen molar-refractivity contribution in [1.82, 2.24) is 4.98 Å². The Morgan fingerprint density at radius 1 is 1.10 bits per heavy atom. The van der Waals surface area contributed by atoms with Crippen LogP contribution in [0.15, 0.2) is 6.07 Å². The first-order valence-electron chi connectivity index (χ1n) is 8.85. The second-order valence-electron chi connectivity index (χ2n) is 7.08. The van der Waals surface area contributed by atoms with E-state index in [1.54, 1.807) is 0 Å². The van der Waals surface area contributed by atoms with Crippen LogP contribution in [0, 0.1) is 5.92 Å². The van der Waals surface area contributed by atoms with Crippen molar-refractivity contribution in [3.05, 3.63) is 22.9 Å². The van der Waals surface area contributed by atoms with Crippen LogP contribution in [0.5, 0.6) is 0 Å². The summed E-state index contributed by atoms with van der Waals surface area (Å²) < 4.78 is 0. The van der Waals surface area contributed by atoms with E-state index in [2.05, 4.69) is 11.0 Å². The Morgan fingerprint density at radius 2 is 1.95 bits per heavy atom. The third-order valence-corrected chi connectivity index (χ3v) is 5.84. The number of piperidine rings is 1. The number of hydrogen-bond acceptors (Lipinski definition) is 3. The van der Waals surface area contributed by atoms with Crippen molar-refractivity contribution in [2.45, 2.75) is 70.4 Å². The molecule has 2 fully saturated rings. The SMILES string of the molecule is NCc1cc2c(nc1N1CCCC3CCCCC31)CCC2. The Balaban J connectivity index is 1.71. The highest BCUT2D eigenvalue weighted by atomic mass is 15.2. The van der Waals surface area contributed by atoms with Crippen molar-refractivity contribution in [3.63, 3.8) is 0 Å². The first-order chi connectivity index (χ1) is 10.4. The fourth-order valence-corrected chi connectivity index (χ4v) is 4.80. The van der Waals surface area contributed by atoms with Crippen LogP contribution in [-0.4, -0.2) is 17.6 Å². The predicted molar refractivity (Wildman–Crippen MR) is 86.5 cm³/mol. The molecule has 2 heterocycles. The van der Waals surface area contributed by atoms with Gasteiger partial charge in [-0.15, -0.1) is 0 Å². The van der Waals surface area contributed by atoms with Crippen molar-refractivity contribution in [1.29, 1.82) is 0 Å². The van der Waals surface area contributed by atoms with Crippen molar-refractivity contribution in [2.75, 3.05) is 11.4 Å². The van der Waals surface area contributed by atoms with E-state index in [0.717, 1.165) is 18.4 Å². The summed E-state index contributed by atoms with van der Waals surface area (Å²) in [7, 11) is 0. The summed E-state index contributed by atoms with van der Waals surface area (Å²) in [5, 5.41) is 0. The van der Waals surface area contributed by atoms with Crippen molar-refractivity contribution >= 4 is 5.82 Å². The van der Waals surface area contributed by atoms with E-state index in [4.69, 9.17) is 10.7 Å². The zero-order valence-corrected chi connectivity index (χ0v) is 13.0. The van der Waals surface area contributed by atoms with E-state index < -0.39 is 0 Å². The molecule has 0 bridgehead atoms. The van der Waals surface area contributed by atoms with Gasteiger partial charge in [-0.25, -0.2) is 4.98 Å². The molecule has 4 rings (SSSR count). The molecule has 1 saturated heterocycles. The number of nitrogens with zero attached hydrogens (tertiary/aromatic N) is 2. The van der Waals surface area contributed by atoms with Gasteiger partial charge in [-0.2, -0.15) is 0 Å². The molecule has 1 aromatic heterocycles. The van der Waals surface area contributed by atoms with Crippen LogP contribution in [0.3, 0.4) is 0 Å². The van der Waals surface area contributed by atoms with Gasteiger partial charge in [0.2, 0.25) is 0 Å². The van der Waals surface area contributed by atoms with E-state index >= 15 is 0 Å². The van der Waals surface area contributed by atoms with Gasteiger partial charge < -0.3 is 10.6 Å². The van der Waals surface area contributed by atoms with Gasteiger partial charge in [0.05, 0.1) is 0 Å². The summed E-state index contributed by atoms with van der Waals surface area (Å²) in [5.74, 6) is 2.13. The standard InChI is InChI=1S/C18H27N3/c19-12-15-11-14-6-3-8-16(14)20-18(15)21-10-4-7-13-5-1-2-9-17(13)21/h11,13,17H,1-10,12,19H2. The first-order valence-corrected chi connectivity index (χ1v) is 8.85. The monoisotopic (exact) mass is 285 g/mol. The van der Waals surface area contributed by atoms with Crippen molar-refractivity contribution in [3.8, 4) is 0 Å². The maximum atomic E-state index is 6.05. The largest absolute Gasteiger partial charge is 0.353 e. The third kappa shape index (κ3) is 2.36. The highest BCUT2D eigenvalue weighted by Gasteiger charge is 2.35. The summed E-state index contributed by atoms with van der Waals surface area (Å²) in [6.07, 6.45) is 12.0. The zero-order chi connectivity index (χ0) is 14.2. The third-order valence-electron chi connectivity index (χ3n) is 5.84. The Bertz CT molecular complexity index is 523. The number of aryl methyl sites for hydroxylation is 2.